The lowest BCUT2D eigenvalue weighted by molar-refractivity contribution is -0.128. The Bertz CT molecular complexity index is 889. The van der Waals surface area contributed by atoms with Crippen LogP contribution in [0.3, 0.4) is 0 Å². The van der Waals surface area contributed by atoms with E-state index in [-0.39, 0.29) is 5.91 Å². The van der Waals surface area contributed by atoms with Gasteiger partial charge in [-0.25, -0.2) is 9.18 Å². The third-order valence-corrected chi connectivity index (χ3v) is 5.04. The highest BCUT2D eigenvalue weighted by Crippen LogP contribution is 2.28. The number of pyridine rings is 1. The van der Waals surface area contributed by atoms with Crippen molar-refractivity contribution in [1.29, 1.82) is 0 Å². The first-order valence-electron chi connectivity index (χ1n) is 9.69. The summed E-state index contributed by atoms with van der Waals surface area (Å²) in [6.07, 6.45) is 2.51. The average molecular weight is 399 g/mol. The standard InChI is InChI=1S/C21H26FN5O2/c1-15-17(5-3-8-23-15)14-24-21(29)25-19-13-18(22)6-7-20(19)27-10-4-9-26(11-12-27)16(2)28/h3,5-8,13H,4,9-12,14H2,1-2H3,(H2,24,25,29). The van der Waals surface area contributed by atoms with E-state index < -0.39 is 11.8 Å². The van der Waals surface area contributed by atoms with Crippen molar-refractivity contribution in [3.05, 3.63) is 53.6 Å². The number of benzene rings is 1. The topological polar surface area (TPSA) is 77.6 Å². The molecular formula is C21H26FN5O2. The number of aromatic nitrogens is 1. The number of hydrogen-bond acceptors (Lipinski definition) is 4. The predicted octanol–water partition coefficient (Wildman–Crippen LogP) is 2.91. The molecule has 1 aliphatic rings. The molecule has 29 heavy (non-hydrogen) atoms. The van der Waals surface area contributed by atoms with Gasteiger partial charge in [0, 0.05) is 51.5 Å². The minimum atomic E-state index is -0.424. The van der Waals surface area contributed by atoms with Crippen LogP contribution in [0.1, 0.15) is 24.6 Å². The van der Waals surface area contributed by atoms with Gasteiger partial charge in [-0.15, -0.1) is 0 Å². The van der Waals surface area contributed by atoms with E-state index in [0.29, 0.717) is 31.9 Å². The summed E-state index contributed by atoms with van der Waals surface area (Å²) in [5.41, 5.74) is 2.91. The van der Waals surface area contributed by atoms with Crippen LogP contribution in [-0.2, 0) is 11.3 Å². The molecule has 1 aromatic carbocycles. The number of hydrogen-bond donors (Lipinski definition) is 2. The van der Waals surface area contributed by atoms with Gasteiger partial charge in [-0.3, -0.25) is 9.78 Å². The van der Waals surface area contributed by atoms with Crippen molar-refractivity contribution in [3.63, 3.8) is 0 Å². The van der Waals surface area contributed by atoms with Crippen LogP contribution in [0.15, 0.2) is 36.5 Å². The highest BCUT2D eigenvalue weighted by Gasteiger charge is 2.20. The van der Waals surface area contributed by atoms with E-state index >= 15 is 0 Å². The molecule has 0 atom stereocenters. The summed E-state index contributed by atoms with van der Waals surface area (Å²) in [5.74, 6) is -0.373. The maximum atomic E-state index is 13.9. The van der Waals surface area contributed by atoms with Gasteiger partial charge in [0.15, 0.2) is 0 Å². The largest absolute Gasteiger partial charge is 0.368 e. The summed E-state index contributed by atoms with van der Waals surface area (Å²) in [6, 6.07) is 7.66. The van der Waals surface area contributed by atoms with Crippen LogP contribution in [0, 0.1) is 12.7 Å². The highest BCUT2D eigenvalue weighted by molar-refractivity contribution is 5.93. The second-order valence-corrected chi connectivity index (χ2v) is 7.06. The fourth-order valence-corrected chi connectivity index (χ4v) is 3.40. The van der Waals surface area contributed by atoms with Crippen LogP contribution in [0.4, 0.5) is 20.6 Å². The van der Waals surface area contributed by atoms with Crippen LogP contribution in [0.5, 0.6) is 0 Å². The van der Waals surface area contributed by atoms with Crippen molar-refractivity contribution in [2.45, 2.75) is 26.8 Å². The smallest absolute Gasteiger partial charge is 0.319 e. The van der Waals surface area contributed by atoms with Crippen LogP contribution >= 0.6 is 0 Å². The summed E-state index contributed by atoms with van der Waals surface area (Å²) in [4.78, 5) is 32.1. The molecule has 7 nitrogen and oxygen atoms in total. The second-order valence-electron chi connectivity index (χ2n) is 7.06. The molecule has 3 amide bonds. The molecule has 0 radical (unpaired) electrons. The van der Waals surface area contributed by atoms with Gasteiger partial charge >= 0.3 is 6.03 Å². The monoisotopic (exact) mass is 399 g/mol. The van der Waals surface area contributed by atoms with Gasteiger partial charge in [-0.1, -0.05) is 6.07 Å². The van der Waals surface area contributed by atoms with E-state index in [0.717, 1.165) is 29.9 Å². The Morgan fingerprint density at radius 1 is 1.17 bits per heavy atom. The third-order valence-electron chi connectivity index (χ3n) is 5.04. The van der Waals surface area contributed by atoms with E-state index in [1.165, 1.54) is 12.1 Å². The van der Waals surface area contributed by atoms with Crippen LogP contribution in [0.2, 0.25) is 0 Å². The number of nitrogens with zero attached hydrogens (tertiary/aromatic N) is 3. The number of amides is 3. The molecule has 1 fully saturated rings. The second kappa shape index (κ2) is 9.36. The molecule has 2 aromatic rings. The molecule has 0 saturated carbocycles. The molecule has 0 unspecified atom stereocenters. The SMILES string of the molecule is CC(=O)N1CCCN(c2ccc(F)cc2NC(=O)NCc2cccnc2C)CC1. The zero-order valence-electron chi connectivity index (χ0n) is 16.7. The number of urea groups is 1. The Balaban J connectivity index is 1.69. The van der Waals surface area contributed by atoms with E-state index in [1.807, 2.05) is 19.1 Å². The average Bonchev–Trinajstić information content (AvgIpc) is 2.94. The van der Waals surface area contributed by atoms with Crippen molar-refractivity contribution < 1.29 is 14.0 Å². The predicted molar refractivity (Wildman–Crippen MR) is 110 cm³/mol. The maximum absolute atomic E-state index is 13.9. The zero-order chi connectivity index (χ0) is 20.8. The molecule has 154 valence electrons. The third kappa shape index (κ3) is 5.43. The van der Waals surface area contributed by atoms with Gasteiger partial charge in [0.2, 0.25) is 5.91 Å². The Kier molecular flexibility index (Phi) is 6.64. The van der Waals surface area contributed by atoms with E-state index in [1.54, 1.807) is 24.1 Å². The molecule has 1 aliphatic heterocycles. The number of anilines is 2. The van der Waals surface area contributed by atoms with E-state index in [2.05, 4.69) is 20.5 Å². The summed E-state index contributed by atoms with van der Waals surface area (Å²) in [7, 11) is 0. The Labute approximate surface area is 169 Å². The van der Waals surface area contributed by atoms with Crippen LogP contribution in [-0.4, -0.2) is 48.0 Å². The van der Waals surface area contributed by atoms with Crippen molar-refractivity contribution in [2.75, 3.05) is 36.4 Å². The Morgan fingerprint density at radius 2 is 2.00 bits per heavy atom. The molecule has 2 N–H and O–H groups in total. The summed E-state index contributed by atoms with van der Waals surface area (Å²) in [5, 5.41) is 5.55. The van der Waals surface area contributed by atoms with Crippen molar-refractivity contribution >= 4 is 23.3 Å². The summed E-state index contributed by atoms with van der Waals surface area (Å²) < 4.78 is 13.9. The molecule has 1 aromatic heterocycles. The minimum absolute atomic E-state index is 0.0503. The number of carbonyl (C=O) groups is 2. The Morgan fingerprint density at radius 3 is 2.76 bits per heavy atom. The van der Waals surface area contributed by atoms with E-state index in [4.69, 9.17) is 0 Å². The lowest BCUT2D eigenvalue weighted by atomic mass is 10.2. The van der Waals surface area contributed by atoms with Crippen molar-refractivity contribution in [2.24, 2.45) is 0 Å². The first-order chi connectivity index (χ1) is 13.9. The van der Waals surface area contributed by atoms with Gasteiger partial charge < -0.3 is 20.4 Å². The number of carbonyl (C=O) groups excluding carboxylic acids is 2. The molecule has 0 aliphatic carbocycles. The first kappa shape index (κ1) is 20.6. The molecule has 0 spiro atoms. The molecule has 1 saturated heterocycles. The van der Waals surface area contributed by atoms with Gasteiger partial charge in [0.05, 0.1) is 11.4 Å². The van der Waals surface area contributed by atoms with Crippen molar-refractivity contribution in [3.8, 4) is 0 Å². The lowest BCUT2D eigenvalue weighted by Gasteiger charge is -2.26. The molecule has 3 rings (SSSR count). The molecule has 8 heteroatoms. The van der Waals surface area contributed by atoms with Gasteiger partial charge in [-0.2, -0.15) is 0 Å². The number of nitrogens with one attached hydrogen (secondary N) is 2. The first-order valence-corrected chi connectivity index (χ1v) is 9.69. The fourth-order valence-electron chi connectivity index (χ4n) is 3.40. The number of aryl methyl sites for hydroxylation is 1. The minimum Gasteiger partial charge on any atom is -0.368 e. The molecule has 2 heterocycles. The lowest BCUT2D eigenvalue weighted by Crippen LogP contribution is -2.34. The maximum Gasteiger partial charge on any atom is 0.319 e. The number of rotatable bonds is 4. The number of halogens is 1. The van der Waals surface area contributed by atoms with E-state index in [9.17, 15) is 14.0 Å². The van der Waals surface area contributed by atoms with Crippen molar-refractivity contribution in [1.82, 2.24) is 15.2 Å². The zero-order valence-corrected chi connectivity index (χ0v) is 16.7. The summed E-state index contributed by atoms with van der Waals surface area (Å²) >= 11 is 0. The highest BCUT2D eigenvalue weighted by atomic mass is 19.1. The molecular weight excluding hydrogens is 373 g/mol. The quantitative estimate of drug-likeness (QED) is 0.829. The van der Waals surface area contributed by atoms with Gasteiger partial charge in [0.25, 0.3) is 0 Å². The molecule has 0 bridgehead atoms. The van der Waals surface area contributed by atoms with Crippen LogP contribution < -0.4 is 15.5 Å². The van der Waals surface area contributed by atoms with Gasteiger partial charge in [0.1, 0.15) is 5.82 Å². The normalized spacial score (nSPS) is 14.3. The van der Waals surface area contributed by atoms with Crippen LogP contribution in [0.25, 0.3) is 0 Å². The summed E-state index contributed by atoms with van der Waals surface area (Å²) in [6.45, 7) is 6.40. The fraction of sp³-hybridized carbons (Fsp3) is 0.381. The van der Waals surface area contributed by atoms with Gasteiger partial charge in [-0.05, 0) is 43.2 Å². The Hall–Kier alpha value is -3.16.